The number of fused-ring (bicyclic) bond motifs is 1. The first-order valence-electron chi connectivity index (χ1n) is 5.99. The molecule has 3 rings (SSSR count). The molecule has 0 aliphatic rings. The van der Waals surface area contributed by atoms with E-state index in [-0.39, 0.29) is 5.56 Å². The molecule has 8 nitrogen and oxygen atoms in total. The smallest absolute Gasteiger partial charge is 0.274 e. The first-order chi connectivity index (χ1) is 10.2. The van der Waals surface area contributed by atoms with Gasteiger partial charge in [-0.15, -0.1) is 10.2 Å². The summed E-state index contributed by atoms with van der Waals surface area (Å²) in [7, 11) is 0. The molecule has 0 saturated heterocycles. The maximum Gasteiger partial charge on any atom is 0.274 e. The summed E-state index contributed by atoms with van der Waals surface area (Å²) in [6.45, 7) is 2.02. The Balaban J connectivity index is 1.84. The Labute approximate surface area is 131 Å². The van der Waals surface area contributed by atoms with Crippen LogP contribution in [0.2, 0.25) is 0 Å². The van der Waals surface area contributed by atoms with Crippen LogP contribution >= 0.6 is 34.9 Å². The van der Waals surface area contributed by atoms with Crippen LogP contribution in [-0.4, -0.2) is 35.5 Å². The van der Waals surface area contributed by atoms with Gasteiger partial charge in [0.1, 0.15) is 0 Å². The van der Waals surface area contributed by atoms with E-state index >= 15 is 0 Å². The number of nitrogen functional groups attached to an aromatic ring is 1. The summed E-state index contributed by atoms with van der Waals surface area (Å²) in [5.41, 5.74) is 6.00. The third-order valence-electron chi connectivity index (χ3n) is 2.41. The van der Waals surface area contributed by atoms with Gasteiger partial charge in [-0.2, -0.15) is 9.50 Å². The second-order valence-corrected chi connectivity index (χ2v) is 7.36. The quantitative estimate of drug-likeness (QED) is 0.666. The van der Waals surface area contributed by atoms with Crippen LogP contribution in [0.4, 0.5) is 5.13 Å². The van der Waals surface area contributed by atoms with Gasteiger partial charge in [0.05, 0.1) is 5.69 Å². The zero-order valence-electron chi connectivity index (χ0n) is 10.9. The van der Waals surface area contributed by atoms with E-state index in [0.717, 1.165) is 10.1 Å². The lowest BCUT2D eigenvalue weighted by Crippen LogP contribution is -2.15. The SMILES string of the molecule is CCSc1nc2nc(CSc3nnc(N)s3)cc(=O)n2[nH]1. The summed E-state index contributed by atoms with van der Waals surface area (Å²) in [4.78, 5) is 20.7. The third kappa shape index (κ3) is 3.19. The van der Waals surface area contributed by atoms with Crippen molar-refractivity contribution in [3.05, 3.63) is 22.1 Å². The topological polar surface area (TPSA) is 115 Å². The molecule has 0 aromatic carbocycles. The molecule has 21 heavy (non-hydrogen) atoms. The van der Waals surface area contributed by atoms with Gasteiger partial charge in [-0.25, -0.2) is 4.98 Å². The summed E-state index contributed by atoms with van der Waals surface area (Å²) in [5.74, 6) is 1.77. The van der Waals surface area contributed by atoms with E-state index in [1.54, 1.807) is 0 Å². The lowest BCUT2D eigenvalue weighted by atomic mass is 10.4. The van der Waals surface area contributed by atoms with Crippen LogP contribution in [0.25, 0.3) is 5.78 Å². The fourth-order valence-corrected chi connectivity index (χ4v) is 3.70. The van der Waals surface area contributed by atoms with Crippen molar-refractivity contribution in [2.75, 3.05) is 11.5 Å². The number of nitrogens with one attached hydrogen (secondary N) is 1. The number of hydrogen-bond acceptors (Lipinski definition) is 9. The zero-order chi connectivity index (χ0) is 14.8. The molecule has 0 saturated carbocycles. The average molecular weight is 341 g/mol. The average Bonchev–Trinajstić information content (AvgIpc) is 3.03. The number of hydrogen-bond donors (Lipinski definition) is 2. The summed E-state index contributed by atoms with van der Waals surface area (Å²) < 4.78 is 2.09. The maximum absolute atomic E-state index is 12.0. The van der Waals surface area contributed by atoms with Crippen LogP contribution in [0, 0.1) is 0 Å². The van der Waals surface area contributed by atoms with Crippen LogP contribution in [0.1, 0.15) is 12.6 Å². The number of nitrogens with zero attached hydrogens (tertiary/aromatic N) is 5. The van der Waals surface area contributed by atoms with Crippen LogP contribution < -0.4 is 11.3 Å². The first kappa shape index (κ1) is 14.4. The second-order valence-electron chi connectivity index (χ2n) is 3.88. The van der Waals surface area contributed by atoms with Gasteiger partial charge in [-0.1, -0.05) is 41.8 Å². The molecular weight excluding hydrogens is 330 g/mol. The van der Waals surface area contributed by atoms with E-state index in [2.05, 4.69) is 25.3 Å². The third-order valence-corrected chi connectivity index (χ3v) is 5.07. The van der Waals surface area contributed by atoms with Crippen molar-refractivity contribution in [3.8, 4) is 0 Å². The molecule has 0 spiro atoms. The van der Waals surface area contributed by atoms with Gasteiger partial charge in [0.15, 0.2) is 9.50 Å². The predicted octanol–water partition coefficient (Wildman–Crippen LogP) is 1.26. The Morgan fingerprint density at radius 3 is 2.95 bits per heavy atom. The van der Waals surface area contributed by atoms with Crippen molar-refractivity contribution in [2.45, 2.75) is 22.2 Å². The van der Waals surface area contributed by atoms with Crippen molar-refractivity contribution in [1.82, 2.24) is 29.8 Å². The largest absolute Gasteiger partial charge is 0.374 e. The number of nitrogens with two attached hydrogens (primary N) is 1. The fourth-order valence-electron chi connectivity index (χ4n) is 1.60. The highest BCUT2D eigenvalue weighted by atomic mass is 32.2. The molecule has 110 valence electrons. The number of H-pyrrole nitrogens is 1. The molecule has 0 aliphatic carbocycles. The molecule has 11 heteroatoms. The van der Waals surface area contributed by atoms with E-state index in [4.69, 9.17) is 5.73 Å². The van der Waals surface area contributed by atoms with Gasteiger partial charge in [0.2, 0.25) is 5.13 Å². The van der Waals surface area contributed by atoms with E-state index in [1.165, 1.54) is 45.4 Å². The molecule has 0 fully saturated rings. The minimum absolute atomic E-state index is 0.178. The lowest BCUT2D eigenvalue weighted by molar-refractivity contribution is 0.844. The highest BCUT2D eigenvalue weighted by Gasteiger charge is 2.09. The highest BCUT2D eigenvalue weighted by molar-refractivity contribution is 8.00. The van der Waals surface area contributed by atoms with Crippen LogP contribution in [0.3, 0.4) is 0 Å². The molecule has 3 N–H and O–H groups in total. The predicted molar refractivity (Wildman–Crippen MR) is 83.9 cm³/mol. The molecule has 0 amide bonds. The Morgan fingerprint density at radius 2 is 2.24 bits per heavy atom. The summed E-state index contributed by atoms with van der Waals surface area (Å²) >= 11 is 4.27. The molecule has 0 radical (unpaired) electrons. The molecule has 3 aromatic heterocycles. The van der Waals surface area contributed by atoms with Crippen molar-refractivity contribution >= 4 is 45.8 Å². The van der Waals surface area contributed by atoms with Gasteiger partial charge in [-0.05, 0) is 5.75 Å². The number of aromatic nitrogens is 6. The van der Waals surface area contributed by atoms with Gasteiger partial charge >= 0.3 is 0 Å². The van der Waals surface area contributed by atoms with Gasteiger partial charge in [0.25, 0.3) is 11.3 Å². The first-order valence-corrected chi connectivity index (χ1v) is 8.77. The lowest BCUT2D eigenvalue weighted by Gasteiger charge is -1.97. The number of rotatable bonds is 5. The monoisotopic (exact) mass is 341 g/mol. The molecule has 0 bridgehead atoms. The van der Waals surface area contributed by atoms with E-state index in [9.17, 15) is 4.79 Å². The molecular formula is C10H11N7OS3. The van der Waals surface area contributed by atoms with E-state index < -0.39 is 0 Å². The minimum atomic E-state index is -0.178. The summed E-state index contributed by atoms with van der Waals surface area (Å²) in [6.07, 6.45) is 0. The summed E-state index contributed by atoms with van der Waals surface area (Å²) in [5, 5.41) is 11.7. The minimum Gasteiger partial charge on any atom is -0.374 e. The van der Waals surface area contributed by atoms with Gasteiger partial charge in [0, 0.05) is 11.8 Å². The summed E-state index contributed by atoms with van der Waals surface area (Å²) in [6, 6.07) is 1.49. The molecule has 3 heterocycles. The fraction of sp³-hybridized carbons (Fsp3) is 0.300. The zero-order valence-corrected chi connectivity index (χ0v) is 13.4. The Bertz CT molecular complexity index is 824. The van der Waals surface area contributed by atoms with Gasteiger partial charge in [-0.3, -0.25) is 9.89 Å². The van der Waals surface area contributed by atoms with Crippen molar-refractivity contribution < 1.29 is 0 Å². The van der Waals surface area contributed by atoms with E-state index in [0.29, 0.717) is 27.5 Å². The van der Waals surface area contributed by atoms with Crippen LogP contribution in [0.5, 0.6) is 0 Å². The Hall–Kier alpha value is -1.59. The Kier molecular flexibility index (Phi) is 4.12. The standard InChI is InChI=1S/C10H11N7OS3/c1-2-19-9-13-8-12-5(3-6(18)17(8)16-9)4-20-10-15-14-7(11)21-10/h3H,2,4H2,1H3,(H2,11,14)(H,12,13,16). The highest BCUT2D eigenvalue weighted by Crippen LogP contribution is 2.26. The number of aromatic amines is 1. The van der Waals surface area contributed by atoms with Gasteiger partial charge < -0.3 is 5.73 Å². The molecule has 0 aliphatic heterocycles. The van der Waals surface area contributed by atoms with Crippen LogP contribution in [0.15, 0.2) is 20.4 Å². The van der Waals surface area contributed by atoms with Crippen LogP contribution in [-0.2, 0) is 5.75 Å². The second kappa shape index (κ2) is 6.03. The maximum atomic E-state index is 12.0. The molecule has 3 aromatic rings. The number of thioether (sulfide) groups is 2. The van der Waals surface area contributed by atoms with Crippen molar-refractivity contribution in [3.63, 3.8) is 0 Å². The van der Waals surface area contributed by atoms with Crippen molar-refractivity contribution in [1.29, 1.82) is 0 Å². The Morgan fingerprint density at radius 1 is 1.38 bits per heavy atom. The van der Waals surface area contributed by atoms with Crippen molar-refractivity contribution in [2.24, 2.45) is 0 Å². The molecule has 0 unspecified atom stereocenters. The number of anilines is 1. The van der Waals surface area contributed by atoms with E-state index in [1.807, 2.05) is 6.92 Å². The normalized spacial score (nSPS) is 11.3. The molecule has 0 atom stereocenters.